The Bertz CT molecular complexity index is 510. The van der Waals surface area contributed by atoms with Crippen molar-refractivity contribution in [1.29, 1.82) is 0 Å². The van der Waals surface area contributed by atoms with Crippen LogP contribution in [0, 0.1) is 0 Å². The standard InChI is InChI=1S/C15H28N4.C2H2O4/c1-3-18(4-2)13-11-16-15-10-12-19(17-15)14-8-6-5-7-9-14;3-1(4)2(5)6/h10,12,14H,3-9,11,13H2,1-2H3,(H,16,17);(H,3,4)(H,5,6). The molecule has 0 aromatic carbocycles. The van der Waals surface area contributed by atoms with Crippen LogP contribution in [0.1, 0.15) is 52.0 Å². The summed E-state index contributed by atoms with van der Waals surface area (Å²) < 4.78 is 2.17. The number of nitrogens with zero attached hydrogens (tertiary/aromatic N) is 3. The van der Waals surface area contributed by atoms with E-state index in [4.69, 9.17) is 19.8 Å². The summed E-state index contributed by atoms with van der Waals surface area (Å²) in [6.45, 7) is 8.72. The molecular weight excluding hydrogens is 324 g/mol. The first-order chi connectivity index (χ1) is 12.0. The van der Waals surface area contributed by atoms with Crippen LogP contribution in [0.2, 0.25) is 0 Å². The predicted molar refractivity (Wildman–Crippen MR) is 95.9 cm³/mol. The fourth-order valence-electron chi connectivity index (χ4n) is 2.86. The van der Waals surface area contributed by atoms with Crippen LogP contribution in [0.5, 0.6) is 0 Å². The Hall–Kier alpha value is -2.09. The Morgan fingerprint density at radius 2 is 1.80 bits per heavy atom. The maximum absolute atomic E-state index is 9.10. The number of rotatable bonds is 7. The second kappa shape index (κ2) is 11.5. The first-order valence-electron chi connectivity index (χ1n) is 8.95. The van der Waals surface area contributed by atoms with Crippen LogP contribution >= 0.6 is 0 Å². The van der Waals surface area contributed by atoms with Gasteiger partial charge in [-0.05, 0) is 25.9 Å². The van der Waals surface area contributed by atoms with Crippen LogP contribution in [0.3, 0.4) is 0 Å². The number of nitrogens with one attached hydrogen (secondary N) is 1. The average molecular weight is 354 g/mol. The summed E-state index contributed by atoms with van der Waals surface area (Å²) in [7, 11) is 0. The lowest BCUT2D eigenvalue weighted by molar-refractivity contribution is -0.159. The highest BCUT2D eigenvalue weighted by Crippen LogP contribution is 2.27. The SMILES string of the molecule is CCN(CC)CCNc1ccn(C2CCCCC2)n1.O=C(O)C(=O)O. The lowest BCUT2D eigenvalue weighted by atomic mass is 9.96. The summed E-state index contributed by atoms with van der Waals surface area (Å²) in [5, 5.41) is 22.9. The molecule has 0 saturated heterocycles. The van der Waals surface area contributed by atoms with E-state index in [1.807, 2.05) is 0 Å². The summed E-state index contributed by atoms with van der Waals surface area (Å²) in [6, 6.07) is 2.74. The van der Waals surface area contributed by atoms with Gasteiger partial charge in [-0.3, -0.25) is 4.68 Å². The van der Waals surface area contributed by atoms with Gasteiger partial charge in [0.1, 0.15) is 5.82 Å². The Morgan fingerprint density at radius 3 is 2.32 bits per heavy atom. The number of carbonyl (C=O) groups is 2. The fraction of sp³-hybridized carbons (Fsp3) is 0.706. The summed E-state index contributed by atoms with van der Waals surface area (Å²) >= 11 is 0. The van der Waals surface area contributed by atoms with Crippen LogP contribution in [-0.4, -0.2) is 63.0 Å². The van der Waals surface area contributed by atoms with Gasteiger partial charge in [0.2, 0.25) is 0 Å². The van der Waals surface area contributed by atoms with Gasteiger partial charge < -0.3 is 20.4 Å². The van der Waals surface area contributed by atoms with E-state index in [2.05, 4.69) is 46.1 Å². The molecule has 1 saturated carbocycles. The van der Waals surface area contributed by atoms with E-state index in [1.54, 1.807) is 0 Å². The van der Waals surface area contributed by atoms with E-state index in [-0.39, 0.29) is 0 Å². The second-order valence-electron chi connectivity index (χ2n) is 6.04. The fourth-order valence-corrected chi connectivity index (χ4v) is 2.86. The lowest BCUT2D eigenvalue weighted by Gasteiger charge is -2.21. The molecule has 0 atom stereocenters. The van der Waals surface area contributed by atoms with Crippen LogP contribution in [0.4, 0.5) is 5.82 Å². The predicted octanol–water partition coefficient (Wildman–Crippen LogP) is 2.30. The summed E-state index contributed by atoms with van der Waals surface area (Å²) in [5.74, 6) is -2.62. The van der Waals surface area contributed by atoms with Crippen molar-refractivity contribution in [1.82, 2.24) is 14.7 Å². The third kappa shape index (κ3) is 8.02. The molecule has 2 rings (SSSR count). The number of aromatic nitrogens is 2. The Labute approximate surface area is 148 Å². The van der Waals surface area contributed by atoms with E-state index in [1.165, 1.54) is 32.1 Å². The molecule has 1 aromatic heterocycles. The van der Waals surface area contributed by atoms with Crippen molar-refractivity contribution < 1.29 is 19.8 Å². The highest BCUT2D eigenvalue weighted by atomic mass is 16.4. The molecule has 0 spiro atoms. The quantitative estimate of drug-likeness (QED) is 0.645. The zero-order chi connectivity index (χ0) is 18.7. The summed E-state index contributed by atoms with van der Waals surface area (Å²) in [6.07, 6.45) is 8.83. The average Bonchev–Trinajstić information content (AvgIpc) is 3.09. The zero-order valence-electron chi connectivity index (χ0n) is 15.1. The maximum Gasteiger partial charge on any atom is 0.414 e. The van der Waals surface area contributed by atoms with Crippen molar-refractivity contribution in [3.63, 3.8) is 0 Å². The third-order valence-electron chi connectivity index (χ3n) is 4.37. The van der Waals surface area contributed by atoms with Gasteiger partial charge in [-0.1, -0.05) is 33.1 Å². The van der Waals surface area contributed by atoms with Gasteiger partial charge in [-0.15, -0.1) is 0 Å². The Morgan fingerprint density at radius 1 is 1.20 bits per heavy atom. The molecule has 25 heavy (non-hydrogen) atoms. The van der Waals surface area contributed by atoms with Crippen molar-refractivity contribution in [2.24, 2.45) is 0 Å². The van der Waals surface area contributed by atoms with Crippen LogP contribution < -0.4 is 5.32 Å². The van der Waals surface area contributed by atoms with Crippen molar-refractivity contribution in [2.75, 3.05) is 31.5 Å². The first kappa shape index (κ1) is 21.0. The molecule has 1 heterocycles. The van der Waals surface area contributed by atoms with E-state index < -0.39 is 11.9 Å². The lowest BCUT2D eigenvalue weighted by Crippen LogP contribution is -2.28. The molecule has 3 N–H and O–H groups in total. The van der Waals surface area contributed by atoms with Gasteiger partial charge in [0.25, 0.3) is 0 Å². The third-order valence-corrected chi connectivity index (χ3v) is 4.37. The highest BCUT2D eigenvalue weighted by Gasteiger charge is 2.15. The molecule has 8 heteroatoms. The van der Waals surface area contributed by atoms with Gasteiger partial charge in [-0.25, -0.2) is 9.59 Å². The number of carboxylic acids is 2. The second-order valence-corrected chi connectivity index (χ2v) is 6.04. The smallest absolute Gasteiger partial charge is 0.414 e. The van der Waals surface area contributed by atoms with Gasteiger partial charge in [0.05, 0.1) is 6.04 Å². The number of likely N-dealkylation sites (N-methyl/N-ethyl adjacent to an activating group) is 1. The number of aliphatic carboxylic acids is 2. The molecule has 8 nitrogen and oxygen atoms in total. The molecule has 0 amide bonds. The summed E-state index contributed by atoms with van der Waals surface area (Å²) in [4.78, 5) is 20.6. The minimum Gasteiger partial charge on any atom is -0.473 e. The maximum atomic E-state index is 9.10. The molecule has 142 valence electrons. The van der Waals surface area contributed by atoms with Crippen LogP contribution in [-0.2, 0) is 9.59 Å². The van der Waals surface area contributed by atoms with Gasteiger partial charge in [-0.2, -0.15) is 5.10 Å². The molecule has 0 bridgehead atoms. The number of hydrogen-bond acceptors (Lipinski definition) is 5. The zero-order valence-corrected chi connectivity index (χ0v) is 15.1. The van der Waals surface area contributed by atoms with E-state index in [9.17, 15) is 0 Å². The Balaban J connectivity index is 0.000000450. The van der Waals surface area contributed by atoms with E-state index >= 15 is 0 Å². The largest absolute Gasteiger partial charge is 0.473 e. The van der Waals surface area contributed by atoms with Crippen LogP contribution in [0.15, 0.2) is 12.3 Å². The van der Waals surface area contributed by atoms with Crippen molar-refractivity contribution >= 4 is 17.8 Å². The normalized spacial score (nSPS) is 14.7. The Kier molecular flexibility index (Phi) is 9.61. The van der Waals surface area contributed by atoms with Crippen molar-refractivity contribution in [3.05, 3.63) is 12.3 Å². The highest BCUT2D eigenvalue weighted by molar-refractivity contribution is 6.27. The molecular formula is C17H30N4O4. The van der Waals surface area contributed by atoms with E-state index in [0.717, 1.165) is 32.0 Å². The first-order valence-corrected chi connectivity index (χ1v) is 8.95. The van der Waals surface area contributed by atoms with Gasteiger partial charge >= 0.3 is 11.9 Å². The number of carboxylic acid groups (broad SMARTS) is 2. The monoisotopic (exact) mass is 354 g/mol. The van der Waals surface area contributed by atoms with Crippen molar-refractivity contribution in [3.8, 4) is 0 Å². The molecule has 1 aliphatic rings. The summed E-state index contributed by atoms with van der Waals surface area (Å²) in [5.41, 5.74) is 0. The molecule has 0 unspecified atom stereocenters. The van der Waals surface area contributed by atoms with Crippen LogP contribution in [0.25, 0.3) is 0 Å². The molecule has 1 aromatic rings. The van der Waals surface area contributed by atoms with Crippen molar-refractivity contribution in [2.45, 2.75) is 52.0 Å². The van der Waals surface area contributed by atoms with Gasteiger partial charge in [0.15, 0.2) is 0 Å². The number of anilines is 1. The van der Waals surface area contributed by atoms with Gasteiger partial charge in [0, 0.05) is 25.4 Å². The molecule has 0 radical (unpaired) electrons. The topological polar surface area (TPSA) is 108 Å². The molecule has 1 fully saturated rings. The number of hydrogen-bond donors (Lipinski definition) is 3. The minimum absolute atomic E-state index is 0.632. The van der Waals surface area contributed by atoms with E-state index in [0.29, 0.717) is 6.04 Å². The molecule has 0 aliphatic heterocycles. The molecule has 1 aliphatic carbocycles. The minimum atomic E-state index is -1.82.